The maximum atomic E-state index is 12.6. The quantitative estimate of drug-likeness (QED) is 0.595. The molecular formula is C22H20O3. The third kappa shape index (κ3) is 3.22. The normalized spacial score (nSPS) is 13.6. The van der Waals surface area contributed by atoms with Gasteiger partial charge in [-0.2, -0.15) is 0 Å². The summed E-state index contributed by atoms with van der Waals surface area (Å²) >= 11 is 0. The summed E-state index contributed by atoms with van der Waals surface area (Å²) in [4.78, 5) is 12.6. The van der Waals surface area contributed by atoms with Gasteiger partial charge in [0.05, 0.1) is 7.11 Å². The first kappa shape index (κ1) is 15.7. The number of rotatable bonds is 6. The van der Waals surface area contributed by atoms with Gasteiger partial charge in [0.15, 0.2) is 5.78 Å². The van der Waals surface area contributed by atoms with Gasteiger partial charge in [-0.3, -0.25) is 4.79 Å². The van der Waals surface area contributed by atoms with Crippen molar-refractivity contribution in [2.45, 2.75) is 19.4 Å². The van der Waals surface area contributed by atoms with Crippen LogP contribution in [0.4, 0.5) is 0 Å². The van der Waals surface area contributed by atoms with Gasteiger partial charge in [0, 0.05) is 22.3 Å². The number of carbonyl (C=O) groups excluding carboxylic acids is 1. The molecule has 0 aliphatic heterocycles. The topological polar surface area (TPSA) is 35.5 Å². The number of carbonyl (C=O) groups is 1. The maximum absolute atomic E-state index is 12.6. The molecule has 1 fully saturated rings. The van der Waals surface area contributed by atoms with Gasteiger partial charge >= 0.3 is 0 Å². The van der Waals surface area contributed by atoms with Gasteiger partial charge in [-0.15, -0.1) is 0 Å². The highest BCUT2D eigenvalue weighted by Crippen LogP contribution is 2.38. The number of hydrogen-bond donors (Lipinski definition) is 0. The molecule has 0 N–H and O–H groups in total. The Hall–Kier alpha value is -2.81. The molecule has 0 spiro atoms. The molecule has 3 aromatic carbocycles. The minimum atomic E-state index is 0.175. The standard InChI is InChI=1S/C22H20O3/c1-24-20-9-5-8-18-19(20)12-17(22(23)16-10-11-16)13-21(18)25-14-15-6-3-2-4-7-15/h2-9,12-13,16H,10-11,14H2,1H3. The zero-order chi connectivity index (χ0) is 17.2. The lowest BCUT2D eigenvalue weighted by molar-refractivity contribution is 0.0967. The third-order valence-corrected chi connectivity index (χ3v) is 4.61. The summed E-state index contributed by atoms with van der Waals surface area (Å²) in [6.45, 7) is 0.466. The van der Waals surface area contributed by atoms with Crippen molar-refractivity contribution >= 4 is 16.6 Å². The number of ether oxygens (including phenoxy) is 2. The van der Waals surface area contributed by atoms with E-state index in [1.807, 2.05) is 60.7 Å². The Balaban J connectivity index is 1.76. The molecule has 126 valence electrons. The van der Waals surface area contributed by atoms with Crippen molar-refractivity contribution in [2.24, 2.45) is 5.92 Å². The highest BCUT2D eigenvalue weighted by molar-refractivity contribution is 6.05. The van der Waals surface area contributed by atoms with Gasteiger partial charge in [0.1, 0.15) is 18.1 Å². The summed E-state index contributed by atoms with van der Waals surface area (Å²) in [6, 6.07) is 19.7. The smallest absolute Gasteiger partial charge is 0.166 e. The van der Waals surface area contributed by atoms with E-state index >= 15 is 0 Å². The molecular weight excluding hydrogens is 312 g/mol. The van der Waals surface area contributed by atoms with Crippen LogP contribution < -0.4 is 9.47 Å². The van der Waals surface area contributed by atoms with E-state index in [2.05, 4.69) is 0 Å². The number of fused-ring (bicyclic) bond motifs is 1. The summed E-state index contributed by atoms with van der Waals surface area (Å²) in [5.74, 6) is 1.86. The van der Waals surface area contributed by atoms with E-state index in [1.165, 1.54) is 0 Å². The van der Waals surface area contributed by atoms with Crippen LogP contribution in [0.2, 0.25) is 0 Å². The van der Waals surface area contributed by atoms with Crippen molar-refractivity contribution in [2.75, 3.05) is 7.11 Å². The van der Waals surface area contributed by atoms with Crippen LogP contribution in [0.25, 0.3) is 10.8 Å². The Bertz CT molecular complexity index is 911. The molecule has 0 radical (unpaired) electrons. The minimum absolute atomic E-state index is 0.175. The minimum Gasteiger partial charge on any atom is -0.496 e. The predicted octanol–water partition coefficient (Wildman–Crippen LogP) is 5.02. The lowest BCUT2D eigenvalue weighted by Gasteiger charge is -2.14. The van der Waals surface area contributed by atoms with Crippen molar-refractivity contribution in [1.82, 2.24) is 0 Å². The van der Waals surface area contributed by atoms with Gasteiger partial charge in [-0.1, -0.05) is 42.5 Å². The Morgan fingerprint density at radius 3 is 2.48 bits per heavy atom. The first-order valence-electron chi connectivity index (χ1n) is 8.58. The van der Waals surface area contributed by atoms with E-state index in [1.54, 1.807) is 7.11 Å². The van der Waals surface area contributed by atoms with E-state index in [0.29, 0.717) is 12.2 Å². The number of methoxy groups -OCH3 is 1. The van der Waals surface area contributed by atoms with Crippen molar-refractivity contribution in [1.29, 1.82) is 0 Å². The van der Waals surface area contributed by atoms with Crippen molar-refractivity contribution in [3.05, 3.63) is 71.8 Å². The highest BCUT2D eigenvalue weighted by Gasteiger charge is 2.31. The van der Waals surface area contributed by atoms with E-state index < -0.39 is 0 Å². The monoisotopic (exact) mass is 332 g/mol. The summed E-state index contributed by atoms with van der Waals surface area (Å²) < 4.78 is 11.6. The molecule has 0 saturated heterocycles. The zero-order valence-electron chi connectivity index (χ0n) is 14.2. The average Bonchev–Trinajstić information content (AvgIpc) is 3.51. The Morgan fingerprint density at radius 1 is 0.960 bits per heavy atom. The number of benzene rings is 3. The van der Waals surface area contributed by atoms with Crippen molar-refractivity contribution < 1.29 is 14.3 Å². The molecule has 1 aliphatic rings. The fraction of sp³-hybridized carbons (Fsp3) is 0.227. The summed E-state index contributed by atoms with van der Waals surface area (Å²) in [7, 11) is 1.65. The van der Waals surface area contributed by atoms with Gasteiger partial charge in [0.25, 0.3) is 0 Å². The van der Waals surface area contributed by atoms with Crippen molar-refractivity contribution in [3.63, 3.8) is 0 Å². The number of hydrogen-bond acceptors (Lipinski definition) is 3. The molecule has 25 heavy (non-hydrogen) atoms. The zero-order valence-corrected chi connectivity index (χ0v) is 14.2. The Labute approximate surface area is 147 Å². The Morgan fingerprint density at radius 2 is 1.76 bits per heavy atom. The van der Waals surface area contributed by atoms with E-state index in [9.17, 15) is 4.79 Å². The van der Waals surface area contributed by atoms with E-state index in [4.69, 9.17) is 9.47 Å². The Kier molecular flexibility index (Phi) is 4.14. The van der Waals surface area contributed by atoms with Crippen LogP contribution in [-0.4, -0.2) is 12.9 Å². The molecule has 0 heterocycles. The van der Waals surface area contributed by atoms with Crippen molar-refractivity contribution in [3.8, 4) is 11.5 Å². The lowest BCUT2D eigenvalue weighted by atomic mass is 10.0. The van der Waals surface area contributed by atoms with Gasteiger partial charge in [0.2, 0.25) is 0 Å². The molecule has 1 saturated carbocycles. The molecule has 3 nitrogen and oxygen atoms in total. The van der Waals surface area contributed by atoms with Crippen LogP contribution in [0.3, 0.4) is 0 Å². The van der Waals surface area contributed by atoms with Gasteiger partial charge in [-0.25, -0.2) is 0 Å². The molecule has 0 unspecified atom stereocenters. The summed E-state index contributed by atoms with van der Waals surface area (Å²) in [5.41, 5.74) is 1.81. The average molecular weight is 332 g/mol. The SMILES string of the molecule is COc1cccc2c(OCc3ccccc3)cc(C(=O)C3CC3)cc12. The summed E-state index contributed by atoms with van der Waals surface area (Å²) in [5, 5.41) is 1.88. The molecule has 3 heteroatoms. The second kappa shape index (κ2) is 6.60. The predicted molar refractivity (Wildman–Crippen MR) is 98.3 cm³/mol. The molecule has 1 aliphatic carbocycles. The molecule has 4 rings (SSSR count). The van der Waals surface area contributed by atoms with E-state index in [0.717, 1.165) is 40.7 Å². The second-order valence-electron chi connectivity index (χ2n) is 6.44. The largest absolute Gasteiger partial charge is 0.496 e. The highest BCUT2D eigenvalue weighted by atomic mass is 16.5. The number of Topliss-reactive ketones (excluding diaryl/α,β-unsaturated/α-hetero) is 1. The number of ketones is 1. The van der Waals surface area contributed by atoms with Crippen LogP contribution in [-0.2, 0) is 6.61 Å². The maximum Gasteiger partial charge on any atom is 0.166 e. The van der Waals surface area contributed by atoms with Gasteiger partial charge < -0.3 is 9.47 Å². The molecule has 0 aromatic heterocycles. The van der Waals surface area contributed by atoms with Gasteiger partial charge in [-0.05, 0) is 36.6 Å². The second-order valence-corrected chi connectivity index (χ2v) is 6.44. The lowest BCUT2D eigenvalue weighted by Crippen LogP contribution is -2.03. The fourth-order valence-corrected chi connectivity index (χ4v) is 3.08. The third-order valence-electron chi connectivity index (χ3n) is 4.61. The molecule has 0 bridgehead atoms. The fourth-order valence-electron chi connectivity index (χ4n) is 3.08. The summed E-state index contributed by atoms with van der Waals surface area (Å²) in [6.07, 6.45) is 1.98. The van der Waals surface area contributed by atoms with Crippen LogP contribution >= 0.6 is 0 Å². The van der Waals surface area contributed by atoms with Crippen LogP contribution in [0.15, 0.2) is 60.7 Å². The molecule has 0 amide bonds. The molecule has 0 atom stereocenters. The first-order chi connectivity index (χ1) is 12.3. The van der Waals surface area contributed by atoms with Crippen LogP contribution in [0, 0.1) is 5.92 Å². The first-order valence-corrected chi connectivity index (χ1v) is 8.58. The molecule has 3 aromatic rings. The van der Waals surface area contributed by atoms with Crippen LogP contribution in [0.1, 0.15) is 28.8 Å². The van der Waals surface area contributed by atoms with E-state index in [-0.39, 0.29) is 11.7 Å². The van der Waals surface area contributed by atoms with Crippen LogP contribution in [0.5, 0.6) is 11.5 Å².